The molecule has 0 radical (unpaired) electrons. The summed E-state index contributed by atoms with van der Waals surface area (Å²) in [7, 11) is 0. The number of aromatic nitrogens is 5. The molecule has 0 N–H and O–H groups in total. The van der Waals surface area contributed by atoms with Gasteiger partial charge in [-0.1, -0.05) is 5.16 Å². The Morgan fingerprint density at radius 3 is 2.72 bits per heavy atom. The van der Waals surface area contributed by atoms with Gasteiger partial charge < -0.3 is 4.52 Å². The van der Waals surface area contributed by atoms with Crippen LogP contribution in [0.5, 0.6) is 0 Å². The molecule has 0 aromatic carbocycles. The van der Waals surface area contributed by atoms with Crippen molar-refractivity contribution >= 4 is 0 Å². The van der Waals surface area contributed by atoms with E-state index in [9.17, 15) is 4.79 Å². The second kappa shape index (κ2) is 6.29. The van der Waals surface area contributed by atoms with Gasteiger partial charge in [0.2, 0.25) is 0 Å². The molecule has 3 aromatic rings. The van der Waals surface area contributed by atoms with Crippen molar-refractivity contribution in [3.63, 3.8) is 0 Å². The van der Waals surface area contributed by atoms with Gasteiger partial charge in [0, 0.05) is 36.8 Å². The fraction of sp³-hybridized carbons (Fsp3) is 0.412. The summed E-state index contributed by atoms with van der Waals surface area (Å²) < 4.78 is 8.43. The number of hydrogen-bond acceptors (Lipinski definition) is 6. The Bertz CT molecular complexity index is 921. The highest BCUT2D eigenvalue weighted by Crippen LogP contribution is 2.19. The lowest BCUT2D eigenvalue weighted by atomic mass is 10.0. The zero-order chi connectivity index (χ0) is 17.4. The van der Waals surface area contributed by atoms with Gasteiger partial charge in [-0.2, -0.15) is 5.10 Å². The average Bonchev–Trinajstić information content (AvgIpc) is 3.16. The summed E-state index contributed by atoms with van der Waals surface area (Å²) in [5, 5.41) is 12.6. The molecule has 0 aliphatic carbocycles. The molecule has 1 saturated heterocycles. The van der Waals surface area contributed by atoms with Crippen LogP contribution in [0.4, 0.5) is 0 Å². The lowest BCUT2D eigenvalue weighted by Gasteiger charge is -2.38. The van der Waals surface area contributed by atoms with Crippen molar-refractivity contribution in [1.82, 2.24) is 29.6 Å². The summed E-state index contributed by atoms with van der Waals surface area (Å²) in [6.07, 6.45) is 1.65. The second-order valence-electron chi connectivity index (χ2n) is 6.59. The zero-order valence-electron chi connectivity index (χ0n) is 14.3. The Labute approximate surface area is 144 Å². The molecule has 4 heterocycles. The van der Waals surface area contributed by atoms with Crippen LogP contribution in [0.15, 0.2) is 39.8 Å². The average molecular weight is 340 g/mol. The smallest absolute Gasteiger partial charge is 0.266 e. The quantitative estimate of drug-likeness (QED) is 0.693. The lowest BCUT2D eigenvalue weighted by Crippen LogP contribution is -2.48. The maximum Gasteiger partial charge on any atom is 0.266 e. The Morgan fingerprint density at radius 1 is 1.20 bits per heavy atom. The predicted molar refractivity (Wildman–Crippen MR) is 90.4 cm³/mol. The minimum absolute atomic E-state index is 0.0843. The SMILES string of the molecule is Cc1cc(C)n(-c2ccc(=O)n(CC3CN(Cc4ccno4)C3)n2)n1. The molecule has 0 bridgehead atoms. The zero-order valence-corrected chi connectivity index (χ0v) is 14.3. The molecule has 130 valence electrons. The van der Waals surface area contributed by atoms with Crippen molar-refractivity contribution in [1.29, 1.82) is 0 Å². The first kappa shape index (κ1) is 15.8. The monoisotopic (exact) mass is 340 g/mol. The molecule has 1 aliphatic heterocycles. The fourth-order valence-electron chi connectivity index (χ4n) is 3.25. The Hall–Kier alpha value is -2.74. The van der Waals surface area contributed by atoms with Crippen LogP contribution < -0.4 is 5.56 Å². The molecule has 25 heavy (non-hydrogen) atoms. The predicted octanol–water partition coefficient (Wildman–Crippen LogP) is 1.17. The Balaban J connectivity index is 1.44. The molecule has 4 rings (SSSR count). The van der Waals surface area contributed by atoms with Crippen LogP contribution in [-0.4, -0.2) is 42.7 Å². The standard InChI is InChI=1S/C17H20N6O2/c1-12-7-13(2)23(19-12)16-3-4-17(24)22(20-16)10-14-8-21(9-14)11-15-5-6-18-25-15/h3-7,14H,8-11H2,1-2H3. The van der Waals surface area contributed by atoms with E-state index >= 15 is 0 Å². The molecule has 0 unspecified atom stereocenters. The first-order chi connectivity index (χ1) is 12.1. The number of rotatable bonds is 5. The van der Waals surface area contributed by atoms with Gasteiger partial charge in [0.05, 0.1) is 25.0 Å². The molecule has 1 aliphatic rings. The van der Waals surface area contributed by atoms with E-state index in [4.69, 9.17) is 4.52 Å². The van der Waals surface area contributed by atoms with Gasteiger partial charge >= 0.3 is 0 Å². The molecule has 8 heteroatoms. The van der Waals surface area contributed by atoms with Gasteiger partial charge in [0.15, 0.2) is 11.6 Å². The van der Waals surface area contributed by atoms with Crippen LogP contribution in [0, 0.1) is 19.8 Å². The molecular weight excluding hydrogens is 320 g/mol. The van der Waals surface area contributed by atoms with Gasteiger partial charge in [-0.3, -0.25) is 9.69 Å². The van der Waals surface area contributed by atoms with Gasteiger partial charge in [-0.15, -0.1) is 5.10 Å². The Morgan fingerprint density at radius 2 is 2.04 bits per heavy atom. The van der Waals surface area contributed by atoms with Gasteiger partial charge in [-0.05, 0) is 26.0 Å². The van der Waals surface area contributed by atoms with Crippen LogP contribution >= 0.6 is 0 Å². The van der Waals surface area contributed by atoms with Crippen molar-refractivity contribution in [2.75, 3.05) is 13.1 Å². The maximum absolute atomic E-state index is 12.1. The summed E-state index contributed by atoms with van der Waals surface area (Å²) >= 11 is 0. The highest BCUT2D eigenvalue weighted by atomic mass is 16.5. The maximum atomic E-state index is 12.1. The summed E-state index contributed by atoms with van der Waals surface area (Å²) in [6, 6.07) is 7.14. The van der Waals surface area contributed by atoms with Crippen molar-refractivity contribution in [2.45, 2.75) is 26.9 Å². The molecule has 3 aromatic heterocycles. The minimum Gasteiger partial charge on any atom is -0.360 e. The van der Waals surface area contributed by atoms with E-state index in [1.54, 1.807) is 27.7 Å². The summed E-state index contributed by atoms with van der Waals surface area (Å²) in [4.78, 5) is 14.4. The molecule has 0 amide bonds. The molecule has 1 fully saturated rings. The number of hydrogen-bond donors (Lipinski definition) is 0. The van der Waals surface area contributed by atoms with Gasteiger partial charge in [0.1, 0.15) is 0 Å². The van der Waals surface area contributed by atoms with Gasteiger partial charge in [-0.25, -0.2) is 9.36 Å². The Kier molecular flexibility index (Phi) is 3.96. The fourth-order valence-corrected chi connectivity index (χ4v) is 3.25. The summed E-state index contributed by atoms with van der Waals surface area (Å²) in [5.41, 5.74) is 1.84. The van der Waals surface area contributed by atoms with E-state index in [0.29, 0.717) is 18.3 Å². The molecular formula is C17H20N6O2. The van der Waals surface area contributed by atoms with Crippen LogP contribution in [0.25, 0.3) is 5.82 Å². The molecule has 0 saturated carbocycles. The van der Waals surface area contributed by atoms with Gasteiger partial charge in [0.25, 0.3) is 5.56 Å². The topological polar surface area (TPSA) is 82.0 Å². The van der Waals surface area contributed by atoms with E-state index in [0.717, 1.165) is 36.8 Å². The van der Waals surface area contributed by atoms with Crippen molar-refractivity contribution in [2.24, 2.45) is 5.92 Å². The number of nitrogens with zero attached hydrogens (tertiary/aromatic N) is 6. The van der Waals surface area contributed by atoms with Crippen molar-refractivity contribution in [3.8, 4) is 5.82 Å². The highest BCUT2D eigenvalue weighted by molar-refractivity contribution is 5.23. The molecule has 0 spiro atoms. The molecule has 0 atom stereocenters. The van der Waals surface area contributed by atoms with Crippen LogP contribution in [0.1, 0.15) is 17.1 Å². The minimum atomic E-state index is -0.0843. The molecule has 8 nitrogen and oxygen atoms in total. The van der Waals surface area contributed by atoms with E-state index in [1.165, 1.54) is 0 Å². The number of aryl methyl sites for hydroxylation is 2. The normalized spacial score (nSPS) is 15.4. The van der Waals surface area contributed by atoms with Crippen molar-refractivity contribution in [3.05, 3.63) is 58.0 Å². The van der Waals surface area contributed by atoms with E-state index in [1.807, 2.05) is 26.0 Å². The van der Waals surface area contributed by atoms with Crippen LogP contribution in [0.3, 0.4) is 0 Å². The number of likely N-dealkylation sites (tertiary alicyclic amines) is 1. The third kappa shape index (κ3) is 3.25. The van der Waals surface area contributed by atoms with E-state index < -0.39 is 0 Å². The first-order valence-corrected chi connectivity index (χ1v) is 8.32. The largest absolute Gasteiger partial charge is 0.360 e. The highest BCUT2D eigenvalue weighted by Gasteiger charge is 2.28. The van der Waals surface area contributed by atoms with Crippen LogP contribution in [0.2, 0.25) is 0 Å². The third-order valence-corrected chi connectivity index (χ3v) is 4.41. The lowest BCUT2D eigenvalue weighted by molar-refractivity contribution is 0.0676. The van der Waals surface area contributed by atoms with Crippen LogP contribution in [-0.2, 0) is 13.1 Å². The summed E-state index contributed by atoms with van der Waals surface area (Å²) in [6.45, 7) is 7.11. The van der Waals surface area contributed by atoms with E-state index in [-0.39, 0.29) is 5.56 Å². The summed E-state index contributed by atoms with van der Waals surface area (Å²) in [5.74, 6) is 1.94. The second-order valence-corrected chi connectivity index (χ2v) is 6.59. The van der Waals surface area contributed by atoms with Crippen molar-refractivity contribution < 1.29 is 4.52 Å². The van der Waals surface area contributed by atoms with E-state index in [2.05, 4.69) is 20.3 Å². The first-order valence-electron chi connectivity index (χ1n) is 8.32. The third-order valence-electron chi connectivity index (χ3n) is 4.41.